The zero-order valence-corrected chi connectivity index (χ0v) is 12.8. The normalized spacial score (nSPS) is 19.6. The van der Waals surface area contributed by atoms with Crippen molar-refractivity contribution in [3.63, 3.8) is 0 Å². The van der Waals surface area contributed by atoms with E-state index in [1.54, 1.807) is 0 Å². The minimum atomic E-state index is -4.81. The number of hydrogen-bond acceptors (Lipinski definition) is 4. The molecule has 0 spiro atoms. The van der Waals surface area contributed by atoms with Gasteiger partial charge >= 0.3 is 6.36 Å². The first-order valence-electron chi connectivity index (χ1n) is 6.07. The lowest BCUT2D eigenvalue weighted by Gasteiger charge is -2.19. The zero-order chi connectivity index (χ0) is 16.7. The number of carbonyl (C=O) groups excluding carboxylic acids is 1. The maximum Gasteiger partial charge on any atom is 0.573 e. The second-order valence-corrected chi connectivity index (χ2v) is 7.71. The minimum absolute atomic E-state index is 0.134. The lowest BCUT2D eigenvalue weighted by Crippen LogP contribution is -2.27. The van der Waals surface area contributed by atoms with E-state index in [4.69, 9.17) is 10.7 Å². The molecule has 0 bridgehead atoms. The van der Waals surface area contributed by atoms with Gasteiger partial charge in [-0.25, -0.2) is 8.42 Å². The Morgan fingerprint density at radius 2 is 2.00 bits per heavy atom. The highest BCUT2D eigenvalue weighted by atomic mass is 35.7. The van der Waals surface area contributed by atoms with Gasteiger partial charge in [-0.1, -0.05) is 0 Å². The van der Waals surface area contributed by atoms with Gasteiger partial charge in [-0.3, -0.25) is 4.79 Å². The molecule has 2 rings (SSSR count). The van der Waals surface area contributed by atoms with E-state index in [0.29, 0.717) is 11.3 Å². The third-order valence-corrected chi connectivity index (χ3v) is 5.05. The molecule has 1 aromatic carbocycles. The quantitative estimate of drug-likeness (QED) is 0.780. The number of hydrogen-bond donors (Lipinski definition) is 0. The number of alkyl halides is 3. The van der Waals surface area contributed by atoms with Crippen molar-refractivity contribution in [1.29, 1.82) is 0 Å². The van der Waals surface area contributed by atoms with Gasteiger partial charge in [-0.2, -0.15) is 0 Å². The molecule has 1 aromatic rings. The summed E-state index contributed by atoms with van der Waals surface area (Å²) in [6.45, 7) is 1.36. The molecule has 1 aliphatic heterocycles. The van der Waals surface area contributed by atoms with Gasteiger partial charge in [0.1, 0.15) is 11.0 Å². The van der Waals surface area contributed by atoms with Gasteiger partial charge in [0.15, 0.2) is 0 Å². The van der Waals surface area contributed by atoms with Gasteiger partial charge in [0.2, 0.25) is 15.0 Å². The molecule has 1 amide bonds. The summed E-state index contributed by atoms with van der Waals surface area (Å²) in [5.74, 6) is -0.872. The van der Waals surface area contributed by atoms with Gasteiger partial charge < -0.3 is 9.64 Å². The van der Waals surface area contributed by atoms with E-state index < -0.39 is 32.3 Å². The van der Waals surface area contributed by atoms with Crippen LogP contribution in [0.3, 0.4) is 0 Å². The molecule has 0 aliphatic carbocycles. The fourth-order valence-electron chi connectivity index (χ4n) is 2.22. The molecule has 1 fully saturated rings. The number of amides is 1. The van der Waals surface area contributed by atoms with Crippen molar-refractivity contribution in [3.05, 3.63) is 23.8 Å². The van der Waals surface area contributed by atoms with Gasteiger partial charge in [-0.05, 0) is 30.7 Å². The van der Waals surface area contributed by atoms with Crippen LogP contribution in [0, 0.1) is 6.92 Å². The van der Waals surface area contributed by atoms with Gasteiger partial charge in [0, 0.05) is 29.3 Å². The molecular weight excluding hydrogens is 347 g/mol. The topological polar surface area (TPSA) is 63.7 Å². The van der Waals surface area contributed by atoms with E-state index in [1.165, 1.54) is 17.9 Å². The summed E-state index contributed by atoms with van der Waals surface area (Å²) in [5, 5.41) is -1.04. The molecule has 122 valence electrons. The number of anilines is 1. The first kappa shape index (κ1) is 16.9. The van der Waals surface area contributed by atoms with Gasteiger partial charge in [0.25, 0.3) is 0 Å². The monoisotopic (exact) mass is 357 g/mol. The molecule has 1 saturated heterocycles. The van der Waals surface area contributed by atoms with Crippen molar-refractivity contribution in [1.82, 2.24) is 0 Å². The van der Waals surface area contributed by atoms with Crippen molar-refractivity contribution in [2.45, 2.75) is 25.0 Å². The number of rotatable bonds is 3. The van der Waals surface area contributed by atoms with Crippen molar-refractivity contribution >= 4 is 31.3 Å². The Morgan fingerprint density at radius 3 is 2.45 bits per heavy atom. The van der Waals surface area contributed by atoms with Crippen LogP contribution in [0.5, 0.6) is 5.75 Å². The van der Waals surface area contributed by atoms with Crippen LogP contribution < -0.4 is 9.64 Å². The van der Waals surface area contributed by atoms with Crippen molar-refractivity contribution in [2.75, 3.05) is 11.4 Å². The smallest absolute Gasteiger partial charge is 0.406 e. The predicted molar refractivity (Wildman–Crippen MR) is 73.4 cm³/mol. The maximum absolute atomic E-state index is 12.2. The Balaban J connectivity index is 2.25. The summed E-state index contributed by atoms with van der Waals surface area (Å²) < 4.78 is 62.8. The lowest BCUT2D eigenvalue weighted by molar-refractivity contribution is -0.274. The summed E-state index contributed by atoms with van der Waals surface area (Å²) in [6, 6.07) is 3.46. The minimum Gasteiger partial charge on any atom is -0.406 e. The van der Waals surface area contributed by atoms with Crippen LogP contribution in [-0.2, 0) is 13.8 Å². The Morgan fingerprint density at radius 1 is 1.36 bits per heavy atom. The number of aryl methyl sites for hydroxylation is 1. The average molecular weight is 358 g/mol. The van der Waals surface area contributed by atoms with Crippen LogP contribution in [-0.4, -0.2) is 32.5 Å². The van der Waals surface area contributed by atoms with E-state index in [0.717, 1.165) is 12.1 Å². The summed E-state index contributed by atoms with van der Waals surface area (Å²) in [6.07, 6.45) is -5.07. The molecule has 0 aromatic heterocycles. The number of nitrogens with zero attached hydrogens (tertiary/aromatic N) is 1. The van der Waals surface area contributed by atoms with Crippen LogP contribution in [0.25, 0.3) is 0 Å². The number of halogens is 4. The van der Waals surface area contributed by atoms with E-state index in [1.807, 2.05) is 0 Å². The SMILES string of the molecule is Cc1cc(OC(F)(F)F)ccc1N1CC(S(=O)(=O)Cl)CC1=O. The first-order valence-corrected chi connectivity index (χ1v) is 8.45. The Hall–Kier alpha value is -1.48. The zero-order valence-electron chi connectivity index (χ0n) is 11.2. The van der Waals surface area contributed by atoms with E-state index >= 15 is 0 Å². The lowest BCUT2D eigenvalue weighted by atomic mass is 10.1. The molecule has 1 unspecified atom stereocenters. The highest BCUT2D eigenvalue weighted by Crippen LogP contribution is 2.32. The molecule has 0 radical (unpaired) electrons. The summed E-state index contributed by atoms with van der Waals surface area (Å²) >= 11 is 0. The average Bonchev–Trinajstić information content (AvgIpc) is 2.69. The van der Waals surface area contributed by atoms with Crippen molar-refractivity contribution in [2.24, 2.45) is 0 Å². The third kappa shape index (κ3) is 3.83. The first-order chi connectivity index (χ1) is 9.97. The molecule has 5 nitrogen and oxygen atoms in total. The van der Waals surface area contributed by atoms with E-state index in [2.05, 4.69) is 4.74 Å². The van der Waals surface area contributed by atoms with Gasteiger partial charge in [0.05, 0.1) is 0 Å². The van der Waals surface area contributed by atoms with E-state index in [-0.39, 0.29) is 13.0 Å². The Bertz CT molecular complexity index is 705. The number of benzene rings is 1. The van der Waals surface area contributed by atoms with Crippen LogP contribution in [0.2, 0.25) is 0 Å². The summed E-state index contributed by atoms with van der Waals surface area (Å²) in [4.78, 5) is 13.1. The summed E-state index contributed by atoms with van der Waals surface area (Å²) in [7, 11) is 1.36. The Labute approximate surface area is 129 Å². The molecule has 1 aliphatic rings. The van der Waals surface area contributed by atoms with Crippen LogP contribution in [0.4, 0.5) is 18.9 Å². The highest BCUT2D eigenvalue weighted by molar-refractivity contribution is 8.14. The van der Waals surface area contributed by atoms with Crippen LogP contribution >= 0.6 is 10.7 Å². The molecule has 1 atom stereocenters. The fraction of sp³-hybridized carbons (Fsp3) is 0.417. The summed E-state index contributed by atoms with van der Waals surface area (Å²) in [5.41, 5.74) is 0.671. The molecular formula is C12H11ClF3NO4S. The fourth-order valence-corrected chi connectivity index (χ4v) is 3.25. The van der Waals surface area contributed by atoms with Gasteiger partial charge in [-0.15, -0.1) is 13.2 Å². The second-order valence-electron chi connectivity index (χ2n) is 4.80. The maximum atomic E-state index is 12.2. The number of carbonyl (C=O) groups is 1. The molecule has 1 heterocycles. The third-order valence-electron chi connectivity index (χ3n) is 3.18. The molecule has 10 heteroatoms. The Kier molecular flexibility index (Phi) is 4.31. The predicted octanol–water partition coefficient (Wildman–Crippen LogP) is 2.57. The highest BCUT2D eigenvalue weighted by Gasteiger charge is 2.38. The largest absolute Gasteiger partial charge is 0.573 e. The standard InChI is InChI=1S/C12H11ClF3NO4S/c1-7-4-8(21-12(14,15)16)2-3-10(7)17-6-9(5-11(17)18)22(13,19)20/h2-4,9H,5-6H2,1H3. The molecule has 22 heavy (non-hydrogen) atoms. The van der Waals surface area contributed by atoms with Crippen LogP contribution in [0.1, 0.15) is 12.0 Å². The molecule has 0 N–H and O–H groups in total. The van der Waals surface area contributed by atoms with E-state index in [9.17, 15) is 26.4 Å². The molecule has 0 saturated carbocycles. The van der Waals surface area contributed by atoms with Crippen LogP contribution in [0.15, 0.2) is 18.2 Å². The van der Waals surface area contributed by atoms with Crippen molar-refractivity contribution in [3.8, 4) is 5.75 Å². The van der Waals surface area contributed by atoms with Crippen molar-refractivity contribution < 1.29 is 31.1 Å². The number of ether oxygens (including phenoxy) is 1. The second kappa shape index (κ2) is 5.62.